The third kappa shape index (κ3) is 5.49. The highest BCUT2D eigenvalue weighted by atomic mass is 32.2. The minimum absolute atomic E-state index is 0.0647. The largest absolute Gasteiger partial charge is 0.382 e. The number of amides is 1. The number of aromatic nitrogens is 1. The Kier molecular flexibility index (Phi) is 7.29. The zero-order chi connectivity index (χ0) is 21.6. The lowest BCUT2D eigenvalue weighted by molar-refractivity contribution is -0.121. The number of carbonyl (C=O) groups excluding carboxylic acids is 1. The van der Waals surface area contributed by atoms with Gasteiger partial charge in [0.15, 0.2) is 9.84 Å². The van der Waals surface area contributed by atoms with Crippen molar-refractivity contribution in [1.29, 1.82) is 0 Å². The van der Waals surface area contributed by atoms with E-state index in [9.17, 15) is 13.2 Å². The molecule has 0 aliphatic heterocycles. The number of hydrogen-bond acceptors (Lipinski definition) is 4. The van der Waals surface area contributed by atoms with Crippen LogP contribution >= 0.6 is 0 Å². The molecule has 0 aliphatic carbocycles. The van der Waals surface area contributed by atoms with Gasteiger partial charge in [-0.2, -0.15) is 0 Å². The van der Waals surface area contributed by atoms with Gasteiger partial charge >= 0.3 is 0 Å². The standard InChI is InChI=1S/C23H28N2O4S/c1-3-29-14-6-13-24-23(26)16-25-15-22(20-7-4-5-8-21(20)25)30(27,28)17-19-11-9-18(2)10-12-19/h4-5,7-12,15H,3,6,13-14,16-17H2,1-2H3,(H,24,26). The van der Waals surface area contributed by atoms with Crippen molar-refractivity contribution in [3.8, 4) is 0 Å². The molecular weight excluding hydrogens is 400 g/mol. The van der Waals surface area contributed by atoms with Crippen molar-refractivity contribution in [1.82, 2.24) is 9.88 Å². The Morgan fingerprint density at radius 3 is 2.57 bits per heavy atom. The first-order chi connectivity index (χ1) is 14.4. The molecule has 160 valence electrons. The second-order valence-corrected chi connectivity index (χ2v) is 9.24. The van der Waals surface area contributed by atoms with Crippen LogP contribution in [0.15, 0.2) is 59.6 Å². The summed E-state index contributed by atoms with van der Waals surface area (Å²) in [6, 6.07) is 14.8. The molecule has 0 fully saturated rings. The van der Waals surface area contributed by atoms with Gasteiger partial charge in [0.1, 0.15) is 6.54 Å². The zero-order valence-electron chi connectivity index (χ0n) is 17.4. The van der Waals surface area contributed by atoms with E-state index in [-0.39, 0.29) is 23.1 Å². The Morgan fingerprint density at radius 1 is 1.10 bits per heavy atom. The van der Waals surface area contributed by atoms with E-state index in [1.165, 1.54) is 0 Å². The normalized spacial score (nSPS) is 11.7. The molecule has 0 unspecified atom stereocenters. The predicted octanol–water partition coefficient (Wildman–Crippen LogP) is 3.47. The Bertz CT molecular complexity index is 1100. The third-order valence-corrected chi connectivity index (χ3v) is 6.58. The second kappa shape index (κ2) is 9.91. The number of para-hydroxylation sites is 1. The van der Waals surface area contributed by atoms with Crippen molar-refractivity contribution in [2.45, 2.75) is 37.5 Å². The van der Waals surface area contributed by atoms with Crippen LogP contribution in [0.25, 0.3) is 10.9 Å². The molecule has 3 rings (SSSR count). The number of aryl methyl sites for hydroxylation is 1. The van der Waals surface area contributed by atoms with Crippen LogP contribution in [-0.2, 0) is 31.7 Å². The highest BCUT2D eigenvalue weighted by Gasteiger charge is 2.22. The molecule has 0 aliphatic rings. The first kappa shape index (κ1) is 22.1. The van der Waals surface area contributed by atoms with Crippen molar-refractivity contribution in [3.05, 3.63) is 65.9 Å². The molecule has 7 heteroatoms. The van der Waals surface area contributed by atoms with Crippen molar-refractivity contribution in [2.24, 2.45) is 0 Å². The summed E-state index contributed by atoms with van der Waals surface area (Å²) in [5, 5.41) is 3.49. The van der Waals surface area contributed by atoms with Gasteiger partial charge in [0.25, 0.3) is 0 Å². The highest BCUT2D eigenvalue weighted by molar-refractivity contribution is 7.90. The van der Waals surface area contributed by atoms with Crippen LogP contribution in [0.5, 0.6) is 0 Å². The van der Waals surface area contributed by atoms with E-state index in [0.29, 0.717) is 25.1 Å². The lowest BCUT2D eigenvalue weighted by atomic mass is 10.2. The number of rotatable bonds is 10. The maximum Gasteiger partial charge on any atom is 0.239 e. The van der Waals surface area contributed by atoms with Gasteiger partial charge in [-0.05, 0) is 31.9 Å². The summed E-state index contributed by atoms with van der Waals surface area (Å²) in [7, 11) is -3.56. The van der Waals surface area contributed by atoms with Gasteiger partial charge in [0.05, 0.1) is 10.6 Å². The number of sulfone groups is 1. The van der Waals surface area contributed by atoms with Gasteiger partial charge in [-0.25, -0.2) is 8.42 Å². The van der Waals surface area contributed by atoms with Crippen LogP contribution in [-0.4, -0.2) is 38.7 Å². The van der Waals surface area contributed by atoms with Gasteiger partial charge in [-0.1, -0.05) is 48.0 Å². The number of fused-ring (bicyclic) bond motifs is 1. The molecule has 3 aromatic rings. The molecule has 1 aromatic heterocycles. The van der Waals surface area contributed by atoms with Crippen LogP contribution in [0.2, 0.25) is 0 Å². The summed E-state index contributed by atoms with van der Waals surface area (Å²) in [5.74, 6) is -0.236. The molecule has 30 heavy (non-hydrogen) atoms. The van der Waals surface area contributed by atoms with Crippen molar-refractivity contribution < 1.29 is 17.9 Å². The van der Waals surface area contributed by atoms with E-state index in [1.54, 1.807) is 16.8 Å². The first-order valence-corrected chi connectivity index (χ1v) is 11.8. The molecule has 0 saturated carbocycles. The monoisotopic (exact) mass is 428 g/mol. The molecule has 0 radical (unpaired) electrons. The van der Waals surface area contributed by atoms with E-state index in [4.69, 9.17) is 4.74 Å². The Labute approximate surface area is 177 Å². The maximum absolute atomic E-state index is 13.1. The summed E-state index contributed by atoms with van der Waals surface area (Å²) in [5.41, 5.74) is 2.55. The average Bonchev–Trinajstić information content (AvgIpc) is 3.09. The fourth-order valence-electron chi connectivity index (χ4n) is 3.33. The summed E-state index contributed by atoms with van der Waals surface area (Å²) >= 11 is 0. The molecule has 0 atom stereocenters. The topological polar surface area (TPSA) is 77.4 Å². The van der Waals surface area contributed by atoms with Gasteiger partial charge in [-0.3, -0.25) is 4.79 Å². The van der Waals surface area contributed by atoms with Crippen LogP contribution in [0.3, 0.4) is 0 Å². The number of hydrogen-bond donors (Lipinski definition) is 1. The minimum atomic E-state index is -3.56. The van der Waals surface area contributed by atoms with E-state index in [2.05, 4.69) is 5.32 Å². The predicted molar refractivity (Wildman–Crippen MR) is 118 cm³/mol. The Hall–Kier alpha value is -2.64. The van der Waals surface area contributed by atoms with Gasteiger partial charge in [0.2, 0.25) is 5.91 Å². The summed E-state index contributed by atoms with van der Waals surface area (Å²) in [6.45, 7) is 5.74. The molecular formula is C23H28N2O4S. The number of ether oxygens (including phenoxy) is 1. The van der Waals surface area contributed by atoms with E-state index in [0.717, 1.165) is 23.1 Å². The van der Waals surface area contributed by atoms with E-state index < -0.39 is 9.84 Å². The number of carbonyl (C=O) groups is 1. The van der Waals surface area contributed by atoms with Crippen LogP contribution in [0, 0.1) is 6.92 Å². The molecule has 0 saturated heterocycles. The van der Waals surface area contributed by atoms with Gasteiger partial charge in [0, 0.05) is 36.9 Å². The Balaban J connectivity index is 1.79. The first-order valence-electron chi connectivity index (χ1n) is 10.1. The smallest absolute Gasteiger partial charge is 0.239 e. The molecule has 2 aromatic carbocycles. The summed E-state index contributed by atoms with van der Waals surface area (Å²) in [6.07, 6.45) is 2.32. The number of benzene rings is 2. The molecule has 6 nitrogen and oxygen atoms in total. The van der Waals surface area contributed by atoms with Crippen molar-refractivity contribution in [2.75, 3.05) is 19.8 Å². The third-order valence-electron chi connectivity index (χ3n) is 4.87. The molecule has 1 heterocycles. The molecule has 0 spiro atoms. The number of nitrogens with one attached hydrogen (secondary N) is 1. The van der Waals surface area contributed by atoms with Crippen LogP contribution in [0.4, 0.5) is 0 Å². The van der Waals surface area contributed by atoms with Gasteiger partial charge in [-0.15, -0.1) is 0 Å². The van der Waals surface area contributed by atoms with Gasteiger partial charge < -0.3 is 14.6 Å². The van der Waals surface area contributed by atoms with E-state index >= 15 is 0 Å². The molecule has 0 bridgehead atoms. The van der Waals surface area contributed by atoms with E-state index in [1.807, 2.05) is 56.3 Å². The van der Waals surface area contributed by atoms with Crippen LogP contribution < -0.4 is 5.32 Å². The zero-order valence-corrected chi connectivity index (χ0v) is 18.2. The maximum atomic E-state index is 13.1. The summed E-state index contributed by atoms with van der Waals surface area (Å²) < 4.78 is 33.3. The second-order valence-electron chi connectivity index (χ2n) is 7.28. The fraction of sp³-hybridized carbons (Fsp3) is 0.348. The Morgan fingerprint density at radius 2 is 1.83 bits per heavy atom. The lowest BCUT2D eigenvalue weighted by Gasteiger charge is -2.07. The molecule has 1 amide bonds. The fourth-order valence-corrected chi connectivity index (χ4v) is 4.91. The average molecular weight is 429 g/mol. The molecule has 1 N–H and O–H groups in total. The quantitative estimate of drug-likeness (QED) is 0.502. The number of nitrogens with zero attached hydrogens (tertiary/aromatic N) is 1. The lowest BCUT2D eigenvalue weighted by Crippen LogP contribution is -2.28. The summed E-state index contributed by atoms with van der Waals surface area (Å²) in [4.78, 5) is 12.6. The minimum Gasteiger partial charge on any atom is -0.382 e. The SMILES string of the molecule is CCOCCCNC(=O)Cn1cc(S(=O)(=O)Cc2ccc(C)cc2)c2ccccc21. The van der Waals surface area contributed by atoms with Crippen LogP contribution in [0.1, 0.15) is 24.5 Å². The van der Waals surface area contributed by atoms with Crippen molar-refractivity contribution in [3.63, 3.8) is 0 Å². The highest BCUT2D eigenvalue weighted by Crippen LogP contribution is 2.28. The van der Waals surface area contributed by atoms with Crippen molar-refractivity contribution >= 4 is 26.6 Å².